The lowest BCUT2D eigenvalue weighted by atomic mass is 9.82. The second-order valence-electron chi connectivity index (χ2n) is 5.29. The molecule has 0 aromatic carbocycles. The molecule has 3 heterocycles. The molecule has 1 aliphatic heterocycles. The number of carbonyl (C=O) groups is 1. The molecule has 0 bridgehead atoms. The number of hydrogen-bond donors (Lipinski definition) is 2. The number of rotatable bonds is 4. The lowest BCUT2D eigenvalue weighted by Gasteiger charge is -2.49. The number of aliphatic hydroxyl groups is 1. The van der Waals surface area contributed by atoms with Gasteiger partial charge in [-0.25, -0.2) is 4.52 Å². The first-order valence-electron chi connectivity index (χ1n) is 6.27. The van der Waals surface area contributed by atoms with Crippen LogP contribution in [-0.2, 0) is 0 Å². The van der Waals surface area contributed by atoms with Crippen molar-refractivity contribution in [2.24, 2.45) is 11.1 Å². The first-order valence-corrected chi connectivity index (χ1v) is 6.81. The molecule has 2 aromatic heterocycles. The lowest BCUT2D eigenvalue weighted by molar-refractivity contribution is 0.100. The highest BCUT2D eigenvalue weighted by Crippen LogP contribution is 2.35. The van der Waals surface area contributed by atoms with Crippen LogP contribution in [0.25, 0.3) is 5.52 Å². The van der Waals surface area contributed by atoms with Gasteiger partial charge in [-0.15, -0.1) is 11.6 Å². The van der Waals surface area contributed by atoms with E-state index >= 15 is 0 Å². The van der Waals surface area contributed by atoms with Gasteiger partial charge in [-0.2, -0.15) is 5.10 Å². The molecule has 0 aliphatic carbocycles. The summed E-state index contributed by atoms with van der Waals surface area (Å²) in [5.74, 6) is -0.0475. The van der Waals surface area contributed by atoms with Crippen molar-refractivity contribution >= 4 is 28.7 Å². The number of nitrogens with two attached hydrogens (primary N) is 1. The predicted octanol–water partition coefficient (Wildman–Crippen LogP) is 0.471. The molecule has 0 radical (unpaired) electrons. The second kappa shape index (κ2) is 4.64. The summed E-state index contributed by atoms with van der Waals surface area (Å²) in [5.41, 5.74) is 7.15. The van der Waals surface area contributed by atoms with Gasteiger partial charge in [0.05, 0.1) is 35.8 Å². The largest absolute Gasteiger partial charge is 0.396 e. The maximum Gasteiger partial charge on any atom is 0.252 e. The van der Waals surface area contributed by atoms with Crippen LogP contribution in [-0.4, -0.2) is 46.2 Å². The molecular weight excluding hydrogens is 280 g/mol. The number of carbonyl (C=O) groups excluding carboxylic acids is 1. The van der Waals surface area contributed by atoms with E-state index in [0.717, 1.165) is 5.69 Å². The van der Waals surface area contributed by atoms with Crippen LogP contribution in [0.4, 0.5) is 5.69 Å². The van der Waals surface area contributed by atoms with Crippen LogP contribution >= 0.6 is 11.6 Å². The highest BCUT2D eigenvalue weighted by atomic mass is 35.5. The SMILES string of the molecule is NC(=O)c1cnn2cc(N3CC(CO)(CCl)C3)ccc12. The summed E-state index contributed by atoms with van der Waals surface area (Å²) in [6.07, 6.45) is 3.31. The zero-order valence-electron chi connectivity index (χ0n) is 10.8. The van der Waals surface area contributed by atoms with Gasteiger partial charge in [0.1, 0.15) is 0 Å². The van der Waals surface area contributed by atoms with Gasteiger partial charge >= 0.3 is 0 Å². The van der Waals surface area contributed by atoms with Crippen molar-refractivity contribution in [3.63, 3.8) is 0 Å². The Hall–Kier alpha value is -1.79. The molecule has 3 N–H and O–H groups in total. The number of fused-ring (bicyclic) bond motifs is 1. The van der Waals surface area contributed by atoms with Crippen molar-refractivity contribution in [3.05, 3.63) is 30.1 Å². The molecular formula is C13H15ClN4O2. The Balaban J connectivity index is 1.87. The number of anilines is 1. The monoisotopic (exact) mass is 294 g/mol. The minimum absolute atomic E-state index is 0.0861. The average molecular weight is 295 g/mol. The van der Waals surface area contributed by atoms with Gasteiger partial charge in [0, 0.05) is 24.4 Å². The molecule has 1 amide bonds. The summed E-state index contributed by atoms with van der Waals surface area (Å²) in [4.78, 5) is 13.4. The van der Waals surface area contributed by atoms with E-state index in [9.17, 15) is 9.90 Å². The Morgan fingerprint density at radius 2 is 2.25 bits per heavy atom. The van der Waals surface area contributed by atoms with Gasteiger partial charge < -0.3 is 15.7 Å². The van der Waals surface area contributed by atoms with Gasteiger partial charge in [0.25, 0.3) is 5.91 Å². The number of pyridine rings is 1. The van der Waals surface area contributed by atoms with Crippen LogP contribution in [0.15, 0.2) is 24.5 Å². The van der Waals surface area contributed by atoms with E-state index < -0.39 is 5.91 Å². The van der Waals surface area contributed by atoms with Gasteiger partial charge in [0.2, 0.25) is 0 Å². The quantitative estimate of drug-likeness (QED) is 0.803. The van der Waals surface area contributed by atoms with Crippen molar-refractivity contribution < 1.29 is 9.90 Å². The van der Waals surface area contributed by atoms with E-state index in [-0.39, 0.29) is 12.0 Å². The second-order valence-corrected chi connectivity index (χ2v) is 5.55. The first-order chi connectivity index (χ1) is 9.58. The zero-order valence-corrected chi connectivity index (χ0v) is 11.5. The smallest absolute Gasteiger partial charge is 0.252 e. The number of hydrogen-bond acceptors (Lipinski definition) is 4. The fourth-order valence-corrected chi connectivity index (χ4v) is 2.78. The fraction of sp³-hybridized carbons (Fsp3) is 0.385. The topological polar surface area (TPSA) is 83.9 Å². The normalized spacial score (nSPS) is 17.2. The van der Waals surface area contributed by atoms with Crippen LogP contribution in [0, 0.1) is 5.41 Å². The molecule has 6 nitrogen and oxygen atoms in total. The number of nitrogens with zero attached hydrogens (tertiary/aromatic N) is 3. The molecule has 3 rings (SSSR count). The third-order valence-electron chi connectivity index (χ3n) is 3.80. The van der Waals surface area contributed by atoms with E-state index in [2.05, 4.69) is 10.00 Å². The average Bonchev–Trinajstić information content (AvgIpc) is 2.82. The Labute approximate surface area is 120 Å². The first kappa shape index (κ1) is 13.2. The molecule has 1 fully saturated rings. The Kier molecular flexibility index (Phi) is 3.07. The van der Waals surface area contributed by atoms with Crippen molar-refractivity contribution in [2.75, 3.05) is 30.5 Å². The summed E-state index contributed by atoms with van der Waals surface area (Å²) in [5, 5.41) is 13.5. The van der Waals surface area contributed by atoms with Crippen molar-refractivity contribution in [3.8, 4) is 0 Å². The van der Waals surface area contributed by atoms with E-state index in [1.165, 1.54) is 6.20 Å². The maximum atomic E-state index is 11.2. The van der Waals surface area contributed by atoms with Crippen LogP contribution in [0.3, 0.4) is 0 Å². The highest BCUT2D eigenvalue weighted by molar-refractivity contribution is 6.18. The van der Waals surface area contributed by atoms with Gasteiger partial charge in [-0.05, 0) is 12.1 Å². The van der Waals surface area contributed by atoms with E-state index in [1.807, 2.05) is 18.3 Å². The summed E-state index contributed by atoms with van der Waals surface area (Å²) in [7, 11) is 0. The minimum atomic E-state index is -0.488. The number of amides is 1. The maximum absolute atomic E-state index is 11.2. The predicted molar refractivity (Wildman–Crippen MR) is 76.2 cm³/mol. The number of aromatic nitrogens is 2. The molecule has 0 spiro atoms. The molecule has 106 valence electrons. The molecule has 20 heavy (non-hydrogen) atoms. The Morgan fingerprint density at radius 3 is 2.85 bits per heavy atom. The molecule has 0 atom stereocenters. The van der Waals surface area contributed by atoms with Crippen molar-refractivity contribution in [1.82, 2.24) is 9.61 Å². The lowest BCUT2D eigenvalue weighted by Crippen LogP contribution is -2.59. The standard InChI is InChI=1S/C13H15ClN4O2/c14-5-13(8-19)6-17(7-13)9-1-2-11-10(12(15)20)3-16-18(11)4-9/h1-4,19H,5-8H2,(H2,15,20). The summed E-state index contributed by atoms with van der Waals surface area (Å²) in [6.45, 7) is 1.51. The van der Waals surface area contributed by atoms with E-state index in [4.69, 9.17) is 17.3 Å². The van der Waals surface area contributed by atoms with E-state index in [0.29, 0.717) is 30.0 Å². The van der Waals surface area contributed by atoms with Crippen molar-refractivity contribution in [2.45, 2.75) is 0 Å². The van der Waals surface area contributed by atoms with Gasteiger partial charge in [0.15, 0.2) is 0 Å². The number of halogens is 1. The summed E-state index contributed by atoms with van der Waals surface area (Å²) >= 11 is 5.89. The zero-order chi connectivity index (χ0) is 14.3. The third-order valence-corrected chi connectivity index (χ3v) is 4.37. The van der Waals surface area contributed by atoms with Gasteiger partial charge in [-0.1, -0.05) is 0 Å². The van der Waals surface area contributed by atoms with E-state index in [1.54, 1.807) is 4.52 Å². The van der Waals surface area contributed by atoms with Crippen LogP contribution in [0.1, 0.15) is 10.4 Å². The number of primary amides is 1. The van der Waals surface area contributed by atoms with Crippen LogP contribution < -0.4 is 10.6 Å². The molecule has 7 heteroatoms. The Morgan fingerprint density at radius 1 is 1.50 bits per heavy atom. The summed E-state index contributed by atoms with van der Waals surface area (Å²) < 4.78 is 1.63. The molecule has 2 aromatic rings. The van der Waals surface area contributed by atoms with Crippen LogP contribution in [0.2, 0.25) is 0 Å². The molecule has 0 unspecified atom stereocenters. The van der Waals surface area contributed by atoms with Gasteiger partial charge in [-0.3, -0.25) is 4.79 Å². The number of alkyl halides is 1. The summed E-state index contributed by atoms with van der Waals surface area (Å²) in [6, 6.07) is 3.74. The minimum Gasteiger partial charge on any atom is -0.396 e. The highest BCUT2D eigenvalue weighted by Gasteiger charge is 2.42. The molecule has 1 saturated heterocycles. The number of aliphatic hydroxyl groups excluding tert-OH is 1. The molecule has 1 aliphatic rings. The molecule has 0 saturated carbocycles. The van der Waals surface area contributed by atoms with Crippen molar-refractivity contribution in [1.29, 1.82) is 0 Å². The fourth-order valence-electron chi connectivity index (χ4n) is 2.52. The Bertz CT molecular complexity index is 657. The van der Waals surface area contributed by atoms with Crippen LogP contribution in [0.5, 0.6) is 0 Å². The third kappa shape index (κ3) is 1.92.